The van der Waals surface area contributed by atoms with Crippen molar-refractivity contribution in [1.82, 2.24) is 9.62 Å². The molecule has 0 aliphatic heterocycles. The molecule has 2 aromatic carbocycles. The first-order valence-corrected chi connectivity index (χ1v) is 12.4. The maximum absolute atomic E-state index is 11.8. The normalized spacial score (nSPS) is 12.0. The molecule has 0 aromatic heterocycles. The molecule has 2 rings (SSSR count). The summed E-state index contributed by atoms with van der Waals surface area (Å²) < 4.78 is 30.3. The molecule has 7 heteroatoms. The number of amides is 1. The Labute approximate surface area is 186 Å². The Bertz CT molecular complexity index is 920. The number of nitrogens with zero attached hydrogens (tertiary/aromatic N) is 1. The predicted octanol–water partition coefficient (Wildman–Crippen LogP) is 3.61. The smallest absolute Gasteiger partial charge is 0.234 e. The third kappa shape index (κ3) is 9.98. The quantitative estimate of drug-likeness (QED) is 0.534. The second kappa shape index (κ2) is 11.3. The fraction of sp³-hybridized carbons (Fsp3) is 0.458. The van der Waals surface area contributed by atoms with Gasteiger partial charge < -0.3 is 4.74 Å². The minimum absolute atomic E-state index is 0.133. The van der Waals surface area contributed by atoms with Crippen LogP contribution in [0.5, 0.6) is 5.75 Å². The third-order valence-electron chi connectivity index (χ3n) is 4.87. The van der Waals surface area contributed by atoms with E-state index < -0.39 is 15.9 Å². The Morgan fingerprint density at radius 3 is 2.16 bits per heavy atom. The Hall–Kier alpha value is -2.38. The van der Waals surface area contributed by atoms with E-state index >= 15 is 0 Å². The first kappa shape index (κ1) is 24.9. The van der Waals surface area contributed by atoms with Crippen LogP contribution in [0.4, 0.5) is 0 Å². The molecule has 0 radical (unpaired) electrons. The van der Waals surface area contributed by atoms with Gasteiger partial charge in [-0.3, -0.25) is 14.4 Å². The van der Waals surface area contributed by atoms with Crippen molar-refractivity contribution in [3.63, 3.8) is 0 Å². The maximum Gasteiger partial charge on any atom is 0.234 e. The monoisotopic (exact) mass is 446 g/mol. The van der Waals surface area contributed by atoms with E-state index in [-0.39, 0.29) is 12.0 Å². The second-order valence-electron chi connectivity index (χ2n) is 8.71. The fourth-order valence-corrected chi connectivity index (χ4v) is 3.77. The number of carbonyl (C=O) groups excluding carboxylic acids is 1. The van der Waals surface area contributed by atoms with E-state index in [2.05, 4.69) is 49.9 Å². The van der Waals surface area contributed by atoms with Crippen LogP contribution in [0.1, 0.15) is 44.7 Å². The van der Waals surface area contributed by atoms with Gasteiger partial charge in [-0.25, -0.2) is 8.42 Å². The van der Waals surface area contributed by atoms with Crippen LogP contribution >= 0.6 is 0 Å². The van der Waals surface area contributed by atoms with Gasteiger partial charge in [-0.15, -0.1) is 0 Å². The van der Waals surface area contributed by atoms with Gasteiger partial charge in [0.15, 0.2) is 0 Å². The number of ether oxygens (including phenoxy) is 1. The lowest BCUT2D eigenvalue weighted by atomic mass is 10.1. The van der Waals surface area contributed by atoms with E-state index in [1.807, 2.05) is 35.1 Å². The Morgan fingerprint density at radius 2 is 1.58 bits per heavy atom. The highest BCUT2D eigenvalue weighted by Gasteiger charge is 2.22. The highest BCUT2D eigenvalue weighted by atomic mass is 32.2. The van der Waals surface area contributed by atoms with Crippen molar-refractivity contribution in [3.8, 4) is 5.75 Å². The molecule has 0 heterocycles. The van der Waals surface area contributed by atoms with Crippen molar-refractivity contribution in [1.29, 1.82) is 0 Å². The van der Waals surface area contributed by atoms with Crippen LogP contribution in [-0.4, -0.2) is 50.7 Å². The summed E-state index contributed by atoms with van der Waals surface area (Å²) in [5.74, 6) is 0.357. The zero-order valence-electron chi connectivity index (χ0n) is 18.9. The average Bonchev–Trinajstić information content (AvgIpc) is 2.67. The zero-order valence-corrected chi connectivity index (χ0v) is 19.7. The van der Waals surface area contributed by atoms with Crippen molar-refractivity contribution in [2.24, 2.45) is 0 Å². The van der Waals surface area contributed by atoms with E-state index in [0.29, 0.717) is 13.2 Å². The second-order valence-corrected chi connectivity index (χ2v) is 10.5. The van der Waals surface area contributed by atoms with Crippen molar-refractivity contribution in [3.05, 3.63) is 65.7 Å². The number of sulfonamides is 1. The zero-order chi connectivity index (χ0) is 22.9. The molecule has 0 spiro atoms. The number of benzene rings is 2. The Kier molecular flexibility index (Phi) is 9.07. The number of rotatable bonds is 11. The molecule has 1 N–H and O–H groups in total. The Balaban J connectivity index is 1.77. The first-order valence-electron chi connectivity index (χ1n) is 10.5. The number of hydrogen-bond donors (Lipinski definition) is 1. The van der Waals surface area contributed by atoms with Crippen LogP contribution < -0.4 is 9.46 Å². The lowest BCUT2D eigenvalue weighted by Crippen LogP contribution is -2.44. The van der Waals surface area contributed by atoms with Crippen molar-refractivity contribution in [2.75, 3.05) is 26.0 Å². The summed E-state index contributed by atoms with van der Waals surface area (Å²) in [6.07, 6.45) is 2.82. The fourth-order valence-electron chi connectivity index (χ4n) is 3.26. The highest BCUT2D eigenvalue weighted by Crippen LogP contribution is 2.17. The third-order valence-corrected chi connectivity index (χ3v) is 5.47. The SMILES string of the molecule is CC(C)(C)N(CCCOc1ccc(Cc2ccccc2)cc1)CCC(=O)NS(C)(=O)=O. The highest BCUT2D eigenvalue weighted by molar-refractivity contribution is 7.89. The summed E-state index contributed by atoms with van der Waals surface area (Å²) in [6, 6.07) is 18.5. The van der Waals surface area contributed by atoms with Crippen LogP contribution in [0.2, 0.25) is 0 Å². The molecule has 0 unspecified atom stereocenters. The van der Waals surface area contributed by atoms with Crippen LogP contribution in [0.15, 0.2) is 54.6 Å². The molecule has 0 fully saturated rings. The minimum atomic E-state index is -3.52. The van der Waals surface area contributed by atoms with Gasteiger partial charge in [-0.05, 0) is 56.9 Å². The summed E-state index contributed by atoms with van der Waals surface area (Å²) in [4.78, 5) is 14.0. The molecule has 170 valence electrons. The van der Waals surface area contributed by atoms with E-state index in [1.54, 1.807) is 0 Å². The van der Waals surface area contributed by atoms with Gasteiger partial charge >= 0.3 is 0 Å². The summed E-state index contributed by atoms with van der Waals surface area (Å²) >= 11 is 0. The first-order chi connectivity index (χ1) is 14.5. The van der Waals surface area contributed by atoms with Gasteiger partial charge in [0, 0.05) is 25.0 Å². The molecular weight excluding hydrogens is 412 g/mol. The summed E-state index contributed by atoms with van der Waals surface area (Å²) in [5.41, 5.74) is 2.39. The van der Waals surface area contributed by atoms with Crippen molar-refractivity contribution < 1.29 is 17.9 Å². The largest absolute Gasteiger partial charge is 0.494 e. The number of carbonyl (C=O) groups is 1. The van der Waals surface area contributed by atoms with Gasteiger partial charge in [-0.1, -0.05) is 42.5 Å². The van der Waals surface area contributed by atoms with E-state index in [0.717, 1.165) is 31.4 Å². The number of hydrogen-bond acceptors (Lipinski definition) is 5. The van der Waals surface area contributed by atoms with Crippen molar-refractivity contribution >= 4 is 15.9 Å². The standard InChI is InChI=1S/C24H34N2O4S/c1-24(2,3)26(17-15-23(27)25-31(4,28)29)16-8-18-30-22-13-11-21(12-14-22)19-20-9-6-5-7-10-20/h5-7,9-14H,8,15-19H2,1-4H3,(H,25,27). The molecule has 0 atom stereocenters. The van der Waals surface area contributed by atoms with Gasteiger partial charge in [0.2, 0.25) is 15.9 Å². The Morgan fingerprint density at radius 1 is 0.968 bits per heavy atom. The van der Waals surface area contributed by atoms with Crippen LogP contribution in [0.25, 0.3) is 0 Å². The minimum Gasteiger partial charge on any atom is -0.494 e. The van der Waals surface area contributed by atoms with E-state index in [4.69, 9.17) is 4.74 Å². The average molecular weight is 447 g/mol. The lowest BCUT2D eigenvalue weighted by molar-refractivity contribution is -0.119. The molecular formula is C24H34N2O4S. The molecule has 1 amide bonds. The molecule has 0 aliphatic carbocycles. The van der Waals surface area contributed by atoms with Crippen LogP contribution in [0.3, 0.4) is 0 Å². The van der Waals surface area contributed by atoms with Gasteiger partial charge in [0.05, 0.1) is 12.9 Å². The molecule has 2 aromatic rings. The van der Waals surface area contributed by atoms with E-state index in [9.17, 15) is 13.2 Å². The van der Waals surface area contributed by atoms with Crippen LogP contribution in [0, 0.1) is 0 Å². The molecule has 0 bridgehead atoms. The van der Waals surface area contributed by atoms with Crippen molar-refractivity contribution in [2.45, 2.75) is 45.6 Å². The van der Waals surface area contributed by atoms with Crippen LogP contribution in [-0.2, 0) is 21.2 Å². The molecule has 6 nitrogen and oxygen atoms in total. The molecule has 0 aliphatic rings. The molecule has 0 saturated carbocycles. The number of nitrogens with one attached hydrogen (secondary N) is 1. The summed E-state index contributed by atoms with van der Waals surface area (Å²) in [7, 11) is -3.52. The predicted molar refractivity (Wildman–Crippen MR) is 125 cm³/mol. The summed E-state index contributed by atoms with van der Waals surface area (Å²) in [6.45, 7) is 8.04. The lowest BCUT2D eigenvalue weighted by Gasteiger charge is -2.35. The topological polar surface area (TPSA) is 75.7 Å². The molecule has 31 heavy (non-hydrogen) atoms. The van der Waals surface area contributed by atoms with Gasteiger partial charge in [0.1, 0.15) is 5.75 Å². The molecule has 0 saturated heterocycles. The van der Waals surface area contributed by atoms with Gasteiger partial charge in [-0.2, -0.15) is 0 Å². The van der Waals surface area contributed by atoms with E-state index in [1.165, 1.54) is 11.1 Å². The summed E-state index contributed by atoms with van der Waals surface area (Å²) in [5, 5.41) is 0. The maximum atomic E-state index is 11.8. The van der Waals surface area contributed by atoms with Gasteiger partial charge in [0.25, 0.3) is 0 Å².